The van der Waals surface area contributed by atoms with Crippen LogP contribution in [0.15, 0.2) is 57.5 Å². The van der Waals surface area contributed by atoms with E-state index in [0.717, 1.165) is 37.6 Å². The first kappa shape index (κ1) is 30.6. The minimum absolute atomic E-state index is 0.735. The molecule has 2 rings (SSSR count). The Kier molecular flexibility index (Phi) is 15.5. The Morgan fingerprint density at radius 1 is 0.771 bits per heavy atom. The number of allylic oxidation sites excluding steroid dienone is 5. The number of hydrogen-bond donors (Lipinski definition) is 0. The predicted molar refractivity (Wildman–Crippen MR) is 163 cm³/mol. The summed E-state index contributed by atoms with van der Waals surface area (Å²) in [4.78, 5) is 7.83. The van der Waals surface area contributed by atoms with Crippen LogP contribution >= 0.6 is 0 Å². The zero-order chi connectivity index (χ0) is 25.4. The molecule has 0 spiro atoms. The van der Waals surface area contributed by atoms with Crippen molar-refractivity contribution in [3.8, 4) is 0 Å². The van der Waals surface area contributed by atoms with Crippen LogP contribution in [0.4, 0.5) is 0 Å². The van der Waals surface area contributed by atoms with Gasteiger partial charge in [-0.2, -0.15) is 0 Å². The molecule has 0 bridgehead atoms. The van der Waals surface area contributed by atoms with Gasteiger partial charge in [0.15, 0.2) is 0 Å². The van der Waals surface area contributed by atoms with Crippen LogP contribution in [0.3, 0.4) is 0 Å². The molecule has 0 nitrogen and oxygen atoms in total. The van der Waals surface area contributed by atoms with E-state index >= 15 is 0 Å². The minimum atomic E-state index is -2.40. The second-order valence-electron chi connectivity index (χ2n) is 12.2. The zero-order valence-electron chi connectivity index (χ0n) is 23.8. The van der Waals surface area contributed by atoms with Gasteiger partial charge in [-0.15, -0.1) is 0 Å². The summed E-state index contributed by atoms with van der Waals surface area (Å²) in [6.07, 6.45) is 34.4. The first-order chi connectivity index (χ1) is 17.0. The van der Waals surface area contributed by atoms with Gasteiger partial charge in [-0.05, 0) is 0 Å². The first-order valence-corrected chi connectivity index (χ1v) is 25.1. The topological polar surface area (TPSA) is 0 Å². The van der Waals surface area contributed by atoms with Crippen LogP contribution in [0.1, 0.15) is 116 Å². The maximum atomic E-state index is 3.86. The molecule has 0 aliphatic heterocycles. The van der Waals surface area contributed by atoms with Crippen molar-refractivity contribution in [1.29, 1.82) is 0 Å². The van der Waals surface area contributed by atoms with Gasteiger partial charge in [0.05, 0.1) is 0 Å². The average Bonchev–Trinajstić information content (AvgIpc) is 2.85. The summed E-state index contributed by atoms with van der Waals surface area (Å²) < 4.78 is 1.71. The molecule has 0 N–H and O–H groups in total. The summed E-state index contributed by atoms with van der Waals surface area (Å²) in [5.74, 6) is 1.74. The van der Waals surface area contributed by atoms with Crippen molar-refractivity contribution in [2.24, 2.45) is 0 Å². The molecule has 2 aliphatic carbocycles. The summed E-state index contributed by atoms with van der Waals surface area (Å²) in [5, 5.41) is 0. The molecule has 2 saturated carbocycles. The molecule has 0 amide bonds. The Morgan fingerprint density at radius 2 is 1.29 bits per heavy atom. The SMILES string of the molecule is C=CCCCCC=C=C/[C](=C(/C=C=CCCCC)B(C1CCCCC1)C1CCCCC1)[Sn]([CH3])([CH3])[CH3]. The number of hydrogen-bond acceptors (Lipinski definition) is 0. The standard InChI is InChI=1S/C30H46B.3CH3.Sn/c1-3-5-7-9-10-11-13-17-23-28(22-16-12-8-6-4-2)31(29-24-18-14-19-25-29)30-26-20-15-21-27-30;;;;/h3,11-12,17,22,29-30H,1,4-10,14-15,18-21,24-27H2,2H3;3*1H3;. The number of unbranched alkanes of at least 4 members (excludes halogenated alkanes) is 5. The molecule has 0 aromatic rings. The molecule has 0 saturated heterocycles. The van der Waals surface area contributed by atoms with E-state index < -0.39 is 18.4 Å². The molecule has 35 heavy (non-hydrogen) atoms. The van der Waals surface area contributed by atoms with E-state index in [-0.39, 0.29) is 0 Å². The quantitative estimate of drug-likeness (QED) is 0.0630. The Labute approximate surface area is 224 Å². The molecular formula is C33H55BSn. The monoisotopic (exact) mass is 582 g/mol. The van der Waals surface area contributed by atoms with Crippen molar-refractivity contribution >= 4 is 25.1 Å². The normalized spacial score (nSPS) is 18.1. The molecule has 2 aliphatic rings. The fourth-order valence-corrected chi connectivity index (χ4v) is 10.9. The Bertz CT molecular complexity index is 737. The van der Waals surface area contributed by atoms with Crippen molar-refractivity contribution in [2.75, 3.05) is 0 Å². The third-order valence-electron chi connectivity index (χ3n) is 8.20. The van der Waals surface area contributed by atoms with Gasteiger partial charge in [0.1, 0.15) is 0 Å². The maximum absolute atomic E-state index is 3.86. The third-order valence-corrected chi connectivity index (χ3v) is 14.1. The van der Waals surface area contributed by atoms with E-state index in [1.807, 2.05) is 6.08 Å². The van der Waals surface area contributed by atoms with Gasteiger partial charge in [0.2, 0.25) is 0 Å². The molecule has 0 aromatic heterocycles. The van der Waals surface area contributed by atoms with Gasteiger partial charge < -0.3 is 0 Å². The average molecular weight is 581 g/mol. The summed E-state index contributed by atoms with van der Waals surface area (Å²) in [5.41, 5.74) is 9.08. The van der Waals surface area contributed by atoms with Crippen LogP contribution in [0, 0.1) is 0 Å². The molecule has 0 aromatic carbocycles. The van der Waals surface area contributed by atoms with Crippen molar-refractivity contribution in [2.45, 2.75) is 143 Å². The summed E-state index contributed by atoms with van der Waals surface area (Å²) in [7, 11) is 0. The van der Waals surface area contributed by atoms with E-state index in [9.17, 15) is 0 Å². The van der Waals surface area contributed by atoms with Gasteiger partial charge in [0.25, 0.3) is 0 Å². The molecule has 0 unspecified atom stereocenters. The van der Waals surface area contributed by atoms with Crippen molar-refractivity contribution < 1.29 is 0 Å². The van der Waals surface area contributed by atoms with E-state index in [1.54, 1.807) is 9.06 Å². The Hall–Kier alpha value is -0.616. The van der Waals surface area contributed by atoms with Crippen LogP contribution in [0.2, 0.25) is 26.5 Å². The van der Waals surface area contributed by atoms with Crippen LogP contribution in [0.5, 0.6) is 0 Å². The van der Waals surface area contributed by atoms with Crippen LogP contribution < -0.4 is 0 Å². The van der Waals surface area contributed by atoms with E-state index in [1.165, 1.54) is 89.9 Å². The van der Waals surface area contributed by atoms with Crippen LogP contribution in [-0.4, -0.2) is 25.1 Å². The van der Waals surface area contributed by atoms with Gasteiger partial charge in [-0.1, -0.05) is 0 Å². The summed E-state index contributed by atoms with van der Waals surface area (Å²) in [6.45, 7) is 6.87. The molecule has 0 atom stereocenters. The molecule has 0 radical (unpaired) electrons. The molecule has 2 fully saturated rings. The van der Waals surface area contributed by atoms with Gasteiger partial charge >= 0.3 is 225 Å². The van der Waals surface area contributed by atoms with Crippen molar-refractivity contribution in [1.82, 2.24) is 0 Å². The van der Waals surface area contributed by atoms with Crippen LogP contribution in [0.25, 0.3) is 0 Å². The van der Waals surface area contributed by atoms with E-state index in [4.69, 9.17) is 0 Å². The van der Waals surface area contributed by atoms with Gasteiger partial charge in [-0.3, -0.25) is 0 Å². The summed E-state index contributed by atoms with van der Waals surface area (Å²) in [6, 6.07) is 0. The Balaban J connectivity index is 2.51. The van der Waals surface area contributed by atoms with Crippen LogP contribution in [-0.2, 0) is 0 Å². The Morgan fingerprint density at radius 3 is 1.80 bits per heavy atom. The zero-order valence-corrected chi connectivity index (χ0v) is 26.7. The first-order valence-electron chi connectivity index (χ1n) is 15.2. The fraction of sp³-hybridized carbons (Fsp3) is 0.697. The second-order valence-corrected chi connectivity index (χ2v) is 26.6. The third kappa shape index (κ3) is 11.5. The number of rotatable bonds is 14. The molecule has 194 valence electrons. The summed E-state index contributed by atoms with van der Waals surface area (Å²) >= 11 is -2.40. The second kappa shape index (κ2) is 17.8. The van der Waals surface area contributed by atoms with Crippen molar-refractivity contribution in [3.63, 3.8) is 0 Å². The molecular weight excluding hydrogens is 526 g/mol. The van der Waals surface area contributed by atoms with Crippen molar-refractivity contribution in [3.05, 3.63) is 57.5 Å². The molecule has 2 heteroatoms. The fourth-order valence-electron chi connectivity index (χ4n) is 6.26. The van der Waals surface area contributed by atoms with Gasteiger partial charge in [0, 0.05) is 0 Å². The van der Waals surface area contributed by atoms with Gasteiger partial charge in [-0.25, -0.2) is 0 Å². The van der Waals surface area contributed by atoms with E-state index in [2.05, 4.69) is 64.1 Å². The molecule has 0 heterocycles. The van der Waals surface area contributed by atoms with E-state index in [0.29, 0.717) is 0 Å². The predicted octanol–water partition coefficient (Wildman–Crippen LogP) is 11.2.